The zero-order valence-electron chi connectivity index (χ0n) is 12.4. The summed E-state index contributed by atoms with van der Waals surface area (Å²) in [7, 11) is 0. The quantitative estimate of drug-likeness (QED) is 0.630. The van der Waals surface area contributed by atoms with E-state index in [1.807, 2.05) is 43.3 Å². The molecule has 3 rings (SSSR count). The minimum Gasteiger partial charge on any atom is -0.347 e. The SMILES string of the molecule is Cc1nc(-c2cccnc2)sc1CNC(=O)c1ccc(I)cc1. The number of amides is 1. The Morgan fingerprint density at radius 2 is 2.04 bits per heavy atom. The summed E-state index contributed by atoms with van der Waals surface area (Å²) in [5, 5.41) is 3.88. The van der Waals surface area contributed by atoms with E-state index < -0.39 is 0 Å². The highest BCUT2D eigenvalue weighted by Crippen LogP contribution is 2.27. The maximum absolute atomic E-state index is 12.2. The van der Waals surface area contributed by atoms with Crippen LogP contribution in [0.2, 0.25) is 0 Å². The molecule has 116 valence electrons. The molecule has 0 aliphatic rings. The number of halogens is 1. The number of rotatable bonds is 4. The van der Waals surface area contributed by atoms with Crippen molar-refractivity contribution in [2.45, 2.75) is 13.5 Å². The topological polar surface area (TPSA) is 54.9 Å². The van der Waals surface area contributed by atoms with Crippen LogP contribution < -0.4 is 5.32 Å². The van der Waals surface area contributed by atoms with E-state index in [0.29, 0.717) is 12.1 Å². The standard InChI is InChI=1S/C17H14IN3OS/c1-11-15(23-17(21-11)13-3-2-8-19-9-13)10-20-16(22)12-4-6-14(18)7-5-12/h2-9H,10H2,1H3,(H,20,22). The number of hydrogen-bond donors (Lipinski definition) is 1. The molecule has 4 nitrogen and oxygen atoms in total. The van der Waals surface area contributed by atoms with E-state index in [1.54, 1.807) is 23.7 Å². The Morgan fingerprint density at radius 1 is 1.26 bits per heavy atom. The molecule has 2 heterocycles. The molecule has 0 fully saturated rings. The minimum absolute atomic E-state index is 0.0721. The van der Waals surface area contributed by atoms with Gasteiger partial charge in [0.2, 0.25) is 0 Å². The molecule has 0 saturated heterocycles. The van der Waals surface area contributed by atoms with Gasteiger partial charge < -0.3 is 5.32 Å². The van der Waals surface area contributed by atoms with Crippen LogP contribution in [-0.4, -0.2) is 15.9 Å². The van der Waals surface area contributed by atoms with Crippen molar-refractivity contribution in [3.8, 4) is 10.6 Å². The van der Waals surface area contributed by atoms with Crippen LogP contribution >= 0.6 is 33.9 Å². The lowest BCUT2D eigenvalue weighted by molar-refractivity contribution is 0.0951. The number of pyridine rings is 1. The van der Waals surface area contributed by atoms with Gasteiger partial charge in [0.1, 0.15) is 5.01 Å². The first-order valence-electron chi connectivity index (χ1n) is 7.04. The van der Waals surface area contributed by atoms with Gasteiger partial charge in [-0.3, -0.25) is 9.78 Å². The van der Waals surface area contributed by atoms with Gasteiger partial charge in [-0.2, -0.15) is 0 Å². The van der Waals surface area contributed by atoms with Gasteiger partial charge in [-0.05, 0) is 65.9 Å². The highest BCUT2D eigenvalue weighted by Gasteiger charge is 2.11. The maximum atomic E-state index is 12.2. The van der Waals surface area contributed by atoms with E-state index in [-0.39, 0.29) is 5.91 Å². The Balaban J connectivity index is 1.70. The maximum Gasteiger partial charge on any atom is 0.251 e. The number of carbonyl (C=O) groups excluding carboxylic acids is 1. The lowest BCUT2D eigenvalue weighted by atomic mass is 10.2. The van der Waals surface area contributed by atoms with Crippen molar-refractivity contribution in [3.63, 3.8) is 0 Å². The summed E-state index contributed by atoms with van der Waals surface area (Å²) in [6, 6.07) is 11.4. The molecule has 0 atom stereocenters. The number of nitrogens with one attached hydrogen (secondary N) is 1. The second kappa shape index (κ2) is 7.18. The van der Waals surface area contributed by atoms with Gasteiger partial charge in [0, 0.05) is 32.0 Å². The van der Waals surface area contributed by atoms with E-state index in [9.17, 15) is 4.79 Å². The van der Waals surface area contributed by atoms with Crippen molar-refractivity contribution in [1.29, 1.82) is 0 Å². The molecule has 0 radical (unpaired) electrons. The van der Waals surface area contributed by atoms with Crippen molar-refractivity contribution >= 4 is 39.8 Å². The van der Waals surface area contributed by atoms with E-state index in [0.717, 1.165) is 24.7 Å². The molecule has 0 bridgehead atoms. The Morgan fingerprint density at radius 3 is 2.74 bits per heavy atom. The third-order valence-corrected chi connectivity index (χ3v) is 5.24. The summed E-state index contributed by atoms with van der Waals surface area (Å²) < 4.78 is 1.11. The van der Waals surface area contributed by atoms with Gasteiger partial charge in [-0.15, -0.1) is 11.3 Å². The number of aromatic nitrogens is 2. The summed E-state index contributed by atoms with van der Waals surface area (Å²) in [5.74, 6) is -0.0721. The van der Waals surface area contributed by atoms with Crippen LogP contribution in [0.1, 0.15) is 20.9 Å². The fourth-order valence-electron chi connectivity index (χ4n) is 2.07. The number of hydrogen-bond acceptors (Lipinski definition) is 4. The average molecular weight is 435 g/mol. The van der Waals surface area contributed by atoms with Crippen LogP contribution in [-0.2, 0) is 6.54 Å². The molecule has 1 aromatic carbocycles. The molecule has 0 aliphatic carbocycles. The van der Waals surface area contributed by atoms with Gasteiger partial charge in [0.25, 0.3) is 5.91 Å². The van der Waals surface area contributed by atoms with Crippen LogP contribution in [0.15, 0.2) is 48.8 Å². The number of benzene rings is 1. The zero-order chi connectivity index (χ0) is 16.2. The van der Waals surface area contributed by atoms with Gasteiger partial charge in [-0.25, -0.2) is 4.98 Å². The Hall–Kier alpha value is -1.80. The molecule has 6 heteroatoms. The zero-order valence-corrected chi connectivity index (χ0v) is 15.4. The average Bonchev–Trinajstić information content (AvgIpc) is 2.95. The van der Waals surface area contributed by atoms with Crippen molar-refractivity contribution in [2.75, 3.05) is 0 Å². The number of carbonyl (C=O) groups is 1. The predicted molar refractivity (Wildman–Crippen MR) is 100 cm³/mol. The smallest absolute Gasteiger partial charge is 0.251 e. The van der Waals surface area contributed by atoms with Crippen LogP contribution in [0.3, 0.4) is 0 Å². The third kappa shape index (κ3) is 3.94. The predicted octanol–water partition coefficient (Wildman–Crippen LogP) is 4.05. The summed E-state index contributed by atoms with van der Waals surface area (Å²) in [6.45, 7) is 2.44. The largest absolute Gasteiger partial charge is 0.347 e. The molecule has 23 heavy (non-hydrogen) atoms. The Labute approximate surface area is 152 Å². The second-order valence-corrected chi connectivity index (χ2v) is 7.29. The highest BCUT2D eigenvalue weighted by molar-refractivity contribution is 14.1. The van der Waals surface area contributed by atoms with Crippen molar-refractivity contribution in [2.24, 2.45) is 0 Å². The molecule has 0 unspecified atom stereocenters. The van der Waals surface area contributed by atoms with Gasteiger partial charge in [0.15, 0.2) is 0 Å². The molecule has 0 aliphatic heterocycles. The Bertz CT molecular complexity index is 816. The van der Waals surface area contributed by atoms with Crippen molar-refractivity contribution in [3.05, 3.63) is 68.5 Å². The molecule has 0 spiro atoms. The first kappa shape index (κ1) is 16.1. The van der Waals surface area contributed by atoms with Crippen LogP contribution in [0.4, 0.5) is 0 Å². The number of thiazole rings is 1. The molecule has 2 aromatic heterocycles. The van der Waals surface area contributed by atoms with Gasteiger partial charge in [0.05, 0.1) is 12.2 Å². The van der Waals surface area contributed by atoms with Crippen LogP contribution in [0, 0.1) is 10.5 Å². The molecule has 0 saturated carbocycles. The summed E-state index contributed by atoms with van der Waals surface area (Å²) >= 11 is 3.80. The lowest BCUT2D eigenvalue weighted by Crippen LogP contribution is -2.22. The molecule has 3 aromatic rings. The second-order valence-electron chi connectivity index (χ2n) is 4.96. The summed E-state index contributed by atoms with van der Waals surface area (Å²) in [4.78, 5) is 21.9. The van der Waals surface area contributed by atoms with E-state index in [1.165, 1.54) is 0 Å². The molecule has 1 amide bonds. The fraction of sp³-hybridized carbons (Fsp3) is 0.118. The molecule has 1 N–H and O–H groups in total. The van der Waals surface area contributed by atoms with E-state index >= 15 is 0 Å². The van der Waals surface area contributed by atoms with Crippen molar-refractivity contribution < 1.29 is 4.79 Å². The van der Waals surface area contributed by atoms with Gasteiger partial charge >= 0.3 is 0 Å². The Kier molecular flexibility index (Phi) is 5.02. The first-order valence-corrected chi connectivity index (χ1v) is 8.93. The van der Waals surface area contributed by atoms with Crippen molar-refractivity contribution in [1.82, 2.24) is 15.3 Å². The highest BCUT2D eigenvalue weighted by atomic mass is 127. The van der Waals surface area contributed by atoms with E-state index in [2.05, 4.69) is 37.9 Å². The monoisotopic (exact) mass is 435 g/mol. The number of aryl methyl sites for hydroxylation is 1. The molecular weight excluding hydrogens is 421 g/mol. The normalized spacial score (nSPS) is 10.5. The first-order chi connectivity index (χ1) is 11.1. The third-order valence-electron chi connectivity index (χ3n) is 3.32. The minimum atomic E-state index is -0.0721. The lowest BCUT2D eigenvalue weighted by Gasteiger charge is -2.04. The summed E-state index contributed by atoms with van der Waals surface area (Å²) in [5.41, 5.74) is 2.60. The fourth-order valence-corrected chi connectivity index (χ4v) is 3.42. The van der Waals surface area contributed by atoms with Crippen LogP contribution in [0.5, 0.6) is 0 Å². The van der Waals surface area contributed by atoms with E-state index in [4.69, 9.17) is 0 Å². The summed E-state index contributed by atoms with van der Waals surface area (Å²) in [6.07, 6.45) is 3.54. The van der Waals surface area contributed by atoms with Crippen LogP contribution in [0.25, 0.3) is 10.6 Å². The molecular formula is C17H14IN3OS. The van der Waals surface area contributed by atoms with Gasteiger partial charge in [-0.1, -0.05) is 0 Å². The number of nitrogens with zero attached hydrogens (tertiary/aromatic N) is 2.